The van der Waals surface area contributed by atoms with Crippen LogP contribution in [0.15, 0.2) is 243 Å². The molecule has 0 saturated heterocycles. The van der Waals surface area contributed by atoms with E-state index in [4.69, 9.17) is 15.0 Å². The fourth-order valence-corrected chi connectivity index (χ4v) is 8.99. The second kappa shape index (κ2) is 20.2. The summed E-state index contributed by atoms with van der Waals surface area (Å²) in [6, 6.07) is 81.4. The fourth-order valence-electron chi connectivity index (χ4n) is 8.99. The predicted molar refractivity (Wildman–Crippen MR) is 276 cm³/mol. The van der Waals surface area contributed by atoms with Crippen LogP contribution in [0.2, 0.25) is 0 Å². The van der Waals surface area contributed by atoms with Crippen LogP contribution in [0.4, 0.5) is 0 Å². The van der Waals surface area contributed by atoms with Crippen molar-refractivity contribution in [1.29, 1.82) is 0 Å². The normalized spacial score (nSPS) is 12.2. The average Bonchev–Trinajstić information content (AvgIpc) is 3.65. The van der Waals surface area contributed by atoms with Gasteiger partial charge in [-0.05, 0) is 102 Å². The largest absolute Gasteiger partial charge is 3.00 e. The van der Waals surface area contributed by atoms with Crippen LogP contribution in [0.5, 0.6) is 0 Å². The summed E-state index contributed by atoms with van der Waals surface area (Å²) in [6.07, 6.45) is 13.8. The predicted octanol–water partition coefficient (Wildman–Crippen LogP) is 15.9. The number of benzene rings is 7. The van der Waals surface area contributed by atoms with Gasteiger partial charge in [-0.2, -0.15) is 0 Å². The Labute approximate surface area is 412 Å². The minimum Gasteiger partial charge on any atom is -0.304 e. The second-order valence-electron chi connectivity index (χ2n) is 16.4. The summed E-state index contributed by atoms with van der Waals surface area (Å²) in [5, 5.41) is 0. The van der Waals surface area contributed by atoms with Crippen molar-refractivity contribution in [2.75, 3.05) is 0 Å². The van der Waals surface area contributed by atoms with Gasteiger partial charge in [0.05, 0.1) is 0 Å². The van der Waals surface area contributed by atoms with Gasteiger partial charge in [0.2, 0.25) is 0 Å². The third-order valence-electron chi connectivity index (χ3n) is 12.3. The molecule has 3 nitrogen and oxygen atoms in total. The van der Waals surface area contributed by atoms with Crippen molar-refractivity contribution in [1.82, 2.24) is 15.0 Å². The topological polar surface area (TPSA) is 38.7 Å². The molecular weight excluding hydrogens is 1000 g/mol. The molecule has 1 aliphatic rings. The van der Waals surface area contributed by atoms with Crippen molar-refractivity contribution in [2.45, 2.75) is 6.42 Å². The molecule has 10 aromatic rings. The summed E-state index contributed by atoms with van der Waals surface area (Å²) in [4.78, 5) is 14.9. The summed E-state index contributed by atoms with van der Waals surface area (Å²) < 4.78 is 0. The number of allylic oxidation sites excluding steroid dienone is 6. The number of pyridine rings is 3. The van der Waals surface area contributed by atoms with E-state index in [1.807, 2.05) is 85.3 Å². The molecule has 1 aliphatic carbocycles. The average molecular weight is 1050 g/mol. The molecule has 0 radical (unpaired) electrons. The van der Waals surface area contributed by atoms with Crippen LogP contribution in [-0.4, -0.2) is 15.0 Å². The summed E-state index contributed by atoms with van der Waals surface area (Å²) >= 11 is 0. The third kappa shape index (κ3) is 9.17. The molecule has 0 saturated carbocycles. The first-order valence-corrected chi connectivity index (χ1v) is 22.5. The molecule has 68 heavy (non-hydrogen) atoms. The van der Waals surface area contributed by atoms with Crippen molar-refractivity contribution in [2.24, 2.45) is 0 Å². The Morgan fingerprint density at radius 2 is 0.794 bits per heavy atom. The molecule has 7 aromatic carbocycles. The Morgan fingerprint density at radius 3 is 1.34 bits per heavy atom. The molecule has 0 fully saturated rings. The smallest absolute Gasteiger partial charge is 0.304 e. The first kappa shape index (κ1) is 43.7. The zero-order valence-electron chi connectivity index (χ0n) is 37.0. The van der Waals surface area contributed by atoms with Crippen LogP contribution in [-0.2, 0) is 20.1 Å². The molecule has 0 bridgehead atoms. The van der Waals surface area contributed by atoms with Crippen molar-refractivity contribution < 1.29 is 20.1 Å². The van der Waals surface area contributed by atoms with Crippen LogP contribution < -0.4 is 0 Å². The molecule has 322 valence electrons. The van der Waals surface area contributed by atoms with Gasteiger partial charge in [-0.25, -0.2) is 0 Å². The van der Waals surface area contributed by atoms with Gasteiger partial charge in [0.15, 0.2) is 0 Å². The number of rotatable bonds is 10. The standard InChI is InChI=1S/C64H42N3.Ir/c1-5-19-45(20-6-1)60-41-64(48-25-11-4-12-26-48)67-44-61(60)59-32-18-17-28-55(59)50-34-33-49(54-27-13-14-29-56(54)51-35-37-62(65-42-51)46-21-7-2-8-22-46)39-53(40-50)58-31-16-15-30-57(58)52-36-38-63(66-43-52)47-23-9-3-10-24-47;/h1-21,23,25,27-32,34-44H,33H2;/q-3;+3. The number of hydrogen-bond donors (Lipinski definition) is 0. The molecule has 0 N–H and O–H groups in total. The van der Waals surface area contributed by atoms with E-state index in [9.17, 15) is 0 Å². The summed E-state index contributed by atoms with van der Waals surface area (Å²) in [7, 11) is 0. The Morgan fingerprint density at radius 1 is 0.324 bits per heavy atom. The van der Waals surface area contributed by atoms with Crippen molar-refractivity contribution in [3.8, 4) is 78.3 Å². The number of hydrogen-bond acceptors (Lipinski definition) is 3. The van der Waals surface area contributed by atoms with Gasteiger partial charge in [0, 0.05) is 24.2 Å². The number of nitrogens with zero attached hydrogens (tertiary/aromatic N) is 3. The summed E-state index contributed by atoms with van der Waals surface area (Å²) in [5.74, 6) is 0. The Bertz CT molecular complexity index is 3430. The van der Waals surface area contributed by atoms with E-state index in [2.05, 4.69) is 176 Å². The Balaban J connectivity index is 0.00000539. The maximum Gasteiger partial charge on any atom is 3.00 e. The van der Waals surface area contributed by atoms with Gasteiger partial charge >= 0.3 is 20.1 Å². The van der Waals surface area contributed by atoms with E-state index in [1.54, 1.807) is 0 Å². The number of aromatic nitrogens is 3. The van der Waals surface area contributed by atoms with Crippen LogP contribution >= 0.6 is 0 Å². The van der Waals surface area contributed by atoms with Crippen LogP contribution in [0.1, 0.15) is 23.1 Å². The minimum atomic E-state index is 0. The zero-order chi connectivity index (χ0) is 44.8. The monoisotopic (exact) mass is 1050 g/mol. The first-order chi connectivity index (χ1) is 33.2. The van der Waals surface area contributed by atoms with Crippen LogP contribution in [0, 0.1) is 18.2 Å². The molecule has 11 rings (SSSR count). The zero-order valence-corrected chi connectivity index (χ0v) is 39.4. The maximum atomic E-state index is 5.07. The minimum absolute atomic E-state index is 0. The van der Waals surface area contributed by atoms with E-state index in [1.165, 1.54) is 5.57 Å². The van der Waals surface area contributed by atoms with Gasteiger partial charge in [-0.1, -0.05) is 146 Å². The molecule has 0 atom stereocenters. The van der Waals surface area contributed by atoms with Gasteiger partial charge in [0.1, 0.15) is 0 Å². The van der Waals surface area contributed by atoms with Crippen molar-refractivity contribution >= 4 is 16.7 Å². The first-order valence-electron chi connectivity index (χ1n) is 22.5. The molecular formula is C64H42IrN3. The van der Waals surface area contributed by atoms with E-state index < -0.39 is 0 Å². The van der Waals surface area contributed by atoms with E-state index in [0.29, 0.717) is 6.42 Å². The van der Waals surface area contributed by atoms with Crippen molar-refractivity contribution in [3.63, 3.8) is 0 Å². The molecule has 3 aromatic heterocycles. The van der Waals surface area contributed by atoms with Gasteiger partial charge < -0.3 is 15.0 Å². The summed E-state index contributed by atoms with van der Waals surface area (Å²) in [6.45, 7) is 0. The Hall–Kier alpha value is -8.14. The van der Waals surface area contributed by atoms with Crippen LogP contribution in [0.3, 0.4) is 0 Å². The fraction of sp³-hybridized carbons (Fsp3) is 0.0156. The third-order valence-corrected chi connectivity index (χ3v) is 12.3. The SMILES string of the molecule is [Ir+3].[c-]1ccccc1-c1ccc(-c2ccccc2C2=CC(c3ccccc3-c3cnc(-c4[c-]cccc4)cc3-c3ccccc3)=CCC(c3ccccc3-c3ccc(-c4[c-]cccc4)nc3)=C2)cn1. The maximum absolute atomic E-state index is 5.07. The molecule has 3 heterocycles. The summed E-state index contributed by atoms with van der Waals surface area (Å²) in [5.41, 5.74) is 21.1. The molecule has 4 heteroatoms. The second-order valence-corrected chi connectivity index (χ2v) is 16.4. The molecule has 0 unspecified atom stereocenters. The van der Waals surface area contributed by atoms with Gasteiger partial charge in [-0.15, -0.1) is 108 Å². The van der Waals surface area contributed by atoms with Crippen molar-refractivity contribution in [3.05, 3.63) is 278 Å². The van der Waals surface area contributed by atoms with Gasteiger partial charge in [0.25, 0.3) is 0 Å². The van der Waals surface area contributed by atoms with Crippen LogP contribution in [0.25, 0.3) is 95.0 Å². The van der Waals surface area contributed by atoms with E-state index in [-0.39, 0.29) is 20.1 Å². The Kier molecular flexibility index (Phi) is 13.0. The molecule has 0 aliphatic heterocycles. The quantitative estimate of drug-likeness (QED) is 0.128. The van der Waals surface area contributed by atoms with E-state index >= 15 is 0 Å². The molecule has 0 amide bonds. The molecule has 0 spiro atoms. The van der Waals surface area contributed by atoms with E-state index in [0.717, 1.165) is 106 Å². The van der Waals surface area contributed by atoms with Gasteiger partial charge in [-0.3, -0.25) is 0 Å².